The SMILES string of the molecule is CCCc1ccc(Nc2cc(=O)n(C)c3c2c(=O)n(-c2ccccc2)c(=O)n3-c2ccccc2)cc1. The van der Waals surface area contributed by atoms with Gasteiger partial charge in [0.05, 0.1) is 17.1 Å². The zero-order valence-corrected chi connectivity index (χ0v) is 20.1. The largest absolute Gasteiger partial charge is 0.355 e. The highest BCUT2D eigenvalue weighted by molar-refractivity contribution is 5.91. The van der Waals surface area contributed by atoms with Crippen molar-refractivity contribution in [3.8, 4) is 11.4 Å². The highest BCUT2D eigenvalue weighted by Gasteiger charge is 2.21. The Morgan fingerprint density at radius 3 is 1.92 bits per heavy atom. The summed E-state index contributed by atoms with van der Waals surface area (Å²) in [6.45, 7) is 2.13. The van der Waals surface area contributed by atoms with Crippen LogP contribution >= 0.6 is 0 Å². The van der Waals surface area contributed by atoms with Crippen LogP contribution < -0.4 is 22.1 Å². The summed E-state index contributed by atoms with van der Waals surface area (Å²) in [5, 5.41) is 3.50. The monoisotopic (exact) mass is 478 g/mol. The van der Waals surface area contributed by atoms with E-state index in [1.165, 1.54) is 20.8 Å². The van der Waals surface area contributed by atoms with E-state index in [1.54, 1.807) is 43.4 Å². The molecule has 180 valence electrons. The number of hydrogen-bond donors (Lipinski definition) is 1. The summed E-state index contributed by atoms with van der Waals surface area (Å²) < 4.78 is 3.91. The molecule has 3 aromatic carbocycles. The first-order valence-corrected chi connectivity index (χ1v) is 11.9. The number of hydrogen-bond acceptors (Lipinski definition) is 4. The van der Waals surface area contributed by atoms with Crippen LogP contribution in [0.5, 0.6) is 0 Å². The zero-order valence-electron chi connectivity index (χ0n) is 20.1. The van der Waals surface area contributed by atoms with Gasteiger partial charge >= 0.3 is 5.69 Å². The van der Waals surface area contributed by atoms with Crippen molar-refractivity contribution in [3.05, 3.63) is 128 Å². The standard InChI is InChI=1S/C29H26N4O3/c1-3-10-20-15-17-21(18-16-20)30-24-19-25(34)31(2)27-26(24)28(35)33(23-13-8-5-9-14-23)29(36)32(27)22-11-6-4-7-12-22/h4-9,11-19,30H,3,10H2,1-2H3. The summed E-state index contributed by atoms with van der Waals surface area (Å²) in [5.41, 5.74) is 2.12. The summed E-state index contributed by atoms with van der Waals surface area (Å²) in [6, 6.07) is 27.1. The number of aromatic nitrogens is 3. The van der Waals surface area contributed by atoms with Crippen LogP contribution in [0.1, 0.15) is 18.9 Å². The maximum absolute atomic E-state index is 13.9. The number of nitrogens with zero attached hydrogens (tertiary/aromatic N) is 3. The van der Waals surface area contributed by atoms with Gasteiger partial charge in [-0.05, 0) is 48.4 Å². The molecule has 0 spiro atoms. The minimum absolute atomic E-state index is 0.223. The first-order chi connectivity index (χ1) is 17.5. The predicted molar refractivity (Wildman–Crippen MR) is 144 cm³/mol. The number of pyridine rings is 1. The van der Waals surface area contributed by atoms with Crippen LogP contribution in [0.4, 0.5) is 11.4 Å². The van der Waals surface area contributed by atoms with E-state index in [4.69, 9.17) is 0 Å². The Morgan fingerprint density at radius 1 is 0.750 bits per heavy atom. The molecule has 0 atom stereocenters. The maximum Gasteiger partial charge on any atom is 0.341 e. The Hall–Kier alpha value is -4.65. The van der Waals surface area contributed by atoms with Gasteiger partial charge in [0.1, 0.15) is 11.0 Å². The first-order valence-electron chi connectivity index (χ1n) is 11.9. The summed E-state index contributed by atoms with van der Waals surface area (Å²) in [7, 11) is 1.57. The third kappa shape index (κ3) is 4.05. The van der Waals surface area contributed by atoms with Gasteiger partial charge in [0.15, 0.2) is 0 Å². The topological polar surface area (TPSA) is 78.0 Å². The lowest BCUT2D eigenvalue weighted by Crippen LogP contribution is -2.40. The molecule has 1 N–H and O–H groups in total. The van der Waals surface area contributed by atoms with Crippen LogP contribution in [-0.2, 0) is 13.5 Å². The smallest absolute Gasteiger partial charge is 0.341 e. The van der Waals surface area contributed by atoms with Crippen LogP contribution in [0.2, 0.25) is 0 Å². The summed E-state index contributed by atoms with van der Waals surface area (Å²) >= 11 is 0. The van der Waals surface area contributed by atoms with E-state index < -0.39 is 11.2 Å². The first kappa shape index (κ1) is 23.1. The average Bonchev–Trinajstić information content (AvgIpc) is 2.89. The van der Waals surface area contributed by atoms with Gasteiger partial charge in [-0.3, -0.25) is 14.2 Å². The predicted octanol–water partition coefficient (Wildman–Crippen LogP) is 4.54. The van der Waals surface area contributed by atoms with Crippen molar-refractivity contribution in [1.29, 1.82) is 0 Å². The fourth-order valence-electron chi connectivity index (χ4n) is 4.46. The molecule has 36 heavy (non-hydrogen) atoms. The van der Waals surface area contributed by atoms with Crippen LogP contribution in [-0.4, -0.2) is 13.7 Å². The summed E-state index contributed by atoms with van der Waals surface area (Å²) in [6.07, 6.45) is 2.02. The van der Waals surface area contributed by atoms with E-state index >= 15 is 0 Å². The van der Waals surface area contributed by atoms with E-state index in [-0.39, 0.29) is 16.6 Å². The number of anilines is 2. The Labute approximate surface area is 207 Å². The molecule has 5 rings (SSSR count). The molecular formula is C29H26N4O3. The molecule has 0 saturated heterocycles. The molecule has 7 heteroatoms. The van der Waals surface area contributed by atoms with Gasteiger partial charge < -0.3 is 5.32 Å². The van der Waals surface area contributed by atoms with E-state index in [0.29, 0.717) is 17.1 Å². The second-order valence-electron chi connectivity index (χ2n) is 8.66. The number of fused-ring (bicyclic) bond motifs is 1. The van der Waals surface area contributed by atoms with Gasteiger partial charge in [0, 0.05) is 18.8 Å². The molecule has 0 radical (unpaired) electrons. The molecule has 0 fully saturated rings. The molecule has 7 nitrogen and oxygen atoms in total. The molecule has 0 bridgehead atoms. The van der Waals surface area contributed by atoms with Crippen molar-refractivity contribution in [2.24, 2.45) is 7.05 Å². The Balaban J connectivity index is 1.86. The Morgan fingerprint density at radius 2 is 1.33 bits per heavy atom. The molecule has 0 aliphatic carbocycles. The van der Waals surface area contributed by atoms with Crippen molar-refractivity contribution in [3.63, 3.8) is 0 Å². The van der Waals surface area contributed by atoms with Crippen molar-refractivity contribution in [2.45, 2.75) is 19.8 Å². The fourth-order valence-corrected chi connectivity index (χ4v) is 4.46. The highest BCUT2D eigenvalue weighted by Crippen LogP contribution is 2.24. The summed E-state index contributed by atoms with van der Waals surface area (Å²) in [5.74, 6) is 0. The van der Waals surface area contributed by atoms with E-state index in [1.807, 2.05) is 48.5 Å². The third-order valence-corrected chi connectivity index (χ3v) is 6.22. The van der Waals surface area contributed by atoms with Crippen molar-refractivity contribution >= 4 is 22.4 Å². The molecule has 0 aliphatic heterocycles. The molecule has 0 unspecified atom stereocenters. The zero-order chi connectivity index (χ0) is 25.2. The molecule has 5 aromatic rings. The lowest BCUT2D eigenvalue weighted by Gasteiger charge is -2.19. The number of aryl methyl sites for hydroxylation is 2. The van der Waals surface area contributed by atoms with Crippen molar-refractivity contribution < 1.29 is 0 Å². The van der Waals surface area contributed by atoms with Gasteiger partial charge in [0.25, 0.3) is 11.1 Å². The van der Waals surface area contributed by atoms with Gasteiger partial charge in [-0.25, -0.2) is 13.9 Å². The molecule has 2 heterocycles. The third-order valence-electron chi connectivity index (χ3n) is 6.22. The Bertz CT molecular complexity index is 1720. The van der Waals surface area contributed by atoms with Crippen LogP contribution in [0.3, 0.4) is 0 Å². The lowest BCUT2D eigenvalue weighted by molar-refractivity contribution is 0.784. The lowest BCUT2D eigenvalue weighted by atomic mass is 10.1. The molecule has 0 saturated carbocycles. The number of rotatable bonds is 6. The molecule has 0 amide bonds. The van der Waals surface area contributed by atoms with E-state index in [2.05, 4.69) is 12.2 Å². The number of nitrogens with one attached hydrogen (secondary N) is 1. The van der Waals surface area contributed by atoms with E-state index in [0.717, 1.165) is 23.1 Å². The van der Waals surface area contributed by atoms with Crippen molar-refractivity contribution in [1.82, 2.24) is 13.7 Å². The van der Waals surface area contributed by atoms with Gasteiger partial charge in [-0.15, -0.1) is 0 Å². The molecular weight excluding hydrogens is 452 g/mol. The van der Waals surface area contributed by atoms with Crippen LogP contribution in [0, 0.1) is 0 Å². The highest BCUT2D eigenvalue weighted by atomic mass is 16.2. The quantitative estimate of drug-likeness (QED) is 0.389. The summed E-state index contributed by atoms with van der Waals surface area (Å²) in [4.78, 5) is 40.8. The normalized spacial score (nSPS) is 11.1. The van der Waals surface area contributed by atoms with Crippen molar-refractivity contribution in [2.75, 3.05) is 5.32 Å². The minimum Gasteiger partial charge on any atom is -0.355 e. The number of para-hydroxylation sites is 2. The second-order valence-corrected chi connectivity index (χ2v) is 8.66. The Kier molecular flexibility index (Phi) is 6.12. The van der Waals surface area contributed by atoms with Crippen LogP contribution in [0.25, 0.3) is 22.4 Å². The fraction of sp³-hybridized carbons (Fsp3) is 0.138. The molecule has 0 aliphatic rings. The minimum atomic E-state index is -0.555. The molecule has 2 aromatic heterocycles. The van der Waals surface area contributed by atoms with Gasteiger partial charge in [0.2, 0.25) is 0 Å². The van der Waals surface area contributed by atoms with E-state index in [9.17, 15) is 14.4 Å². The van der Waals surface area contributed by atoms with Gasteiger partial charge in [-0.2, -0.15) is 0 Å². The second kappa shape index (κ2) is 9.54. The maximum atomic E-state index is 13.9. The van der Waals surface area contributed by atoms with Crippen LogP contribution in [0.15, 0.2) is 105 Å². The van der Waals surface area contributed by atoms with Gasteiger partial charge in [-0.1, -0.05) is 61.9 Å². The number of benzene rings is 3. The average molecular weight is 479 g/mol.